The van der Waals surface area contributed by atoms with Crippen LogP contribution in [0.25, 0.3) is 0 Å². The number of nitrogens with zero attached hydrogens (tertiary/aromatic N) is 1. The molecule has 0 aliphatic rings. The van der Waals surface area contributed by atoms with E-state index in [4.69, 9.17) is 9.47 Å². The highest BCUT2D eigenvalue weighted by Crippen LogP contribution is 2.17. The molecule has 4 heteroatoms. The quantitative estimate of drug-likeness (QED) is 0.561. The van der Waals surface area contributed by atoms with Gasteiger partial charge >= 0.3 is 0 Å². The number of rotatable bonds is 10. The van der Waals surface area contributed by atoms with E-state index in [-0.39, 0.29) is 12.4 Å². The van der Waals surface area contributed by atoms with Gasteiger partial charge in [0.25, 0.3) is 0 Å². The molecule has 25 heavy (non-hydrogen) atoms. The number of ether oxygens (including phenoxy) is 2. The summed E-state index contributed by atoms with van der Waals surface area (Å²) < 4.78 is 11.7. The molecule has 3 nitrogen and oxygen atoms in total. The summed E-state index contributed by atoms with van der Waals surface area (Å²) in [5.74, 6) is 1.98. The van der Waals surface area contributed by atoms with E-state index in [1.54, 1.807) is 0 Å². The van der Waals surface area contributed by atoms with Crippen LogP contribution in [0.15, 0.2) is 48.5 Å². The van der Waals surface area contributed by atoms with E-state index in [2.05, 4.69) is 37.9 Å². The zero-order chi connectivity index (χ0) is 17.2. The van der Waals surface area contributed by atoms with Crippen molar-refractivity contribution in [3.8, 4) is 11.5 Å². The third-order valence-corrected chi connectivity index (χ3v) is 4.07. The monoisotopic (exact) mass is 363 g/mol. The first-order chi connectivity index (χ1) is 11.7. The predicted molar refractivity (Wildman–Crippen MR) is 107 cm³/mol. The van der Waals surface area contributed by atoms with Gasteiger partial charge in [-0.3, -0.25) is 0 Å². The lowest BCUT2D eigenvalue weighted by atomic mass is 10.2. The minimum Gasteiger partial charge on any atom is -0.493 e. The van der Waals surface area contributed by atoms with Crippen molar-refractivity contribution in [3.05, 3.63) is 59.7 Å². The van der Waals surface area contributed by atoms with Crippen LogP contribution >= 0.6 is 12.4 Å². The van der Waals surface area contributed by atoms with Crippen molar-refractivity contribution in [1.82, 2.24) is 4.90 Å². The highest BCUT2D eigenvalue weighted by atomic mass is 35.5. The second kappa shape index (κ2) is 11.8. The summed E-state index contributed by atoms with van der Waals surface area (Å²) in [5.41, 5.74) is 2.39. The fourth-order valence-electron chi connectivity index (χ4n) is 2.58. The molecule has 0 bridgehead atoms. The van der Waals surface area contributed by atoms with Crippen LogP contribution in [0.1, 0.15) is 24.0 Å². The average molecular weight is 364 g/mol. The van der Waals surface area contributed by atoms with Gasteiger partial charge in [-0.2, -0.15) is 0 Å². The Kier molecular flexibility index (Phi) is 10.0. The van der Waals surface area contributed by atoms with E-state index in [1.165, 1.54) is 11.1 Å². The molecule has 0 aliphatic carbocycles. The van der Waals surface area contributed by atoms with Crippen molar-refractivity contribution in [2.75, 3.05) is 33.4 Å². The number of hydrogen-bond donors (Lipinski definition) is 0. The smallest absolute Gasteiger partial charge is 0.122 e. The first kappa shape index (κ1) is 21.3. The van der Waals surface area contributed by atoms with Gasteiger partial charge in [0.05, 0.1) is 13.2 Å². The fourth-order valence-corrected chi connectivity index (χ4v) is 2.58. The molecule has 2 aromatic carbocycles. The molecule has 0 unspecified atom stereocenters. The summed E-state index contributed by atoms with van der Waals surface area (Å²) in [4.78, 5) is 2.34. The molecule has 0 atom stereocenters. The molecule has 0 aromatic heterocycles. The standard InChI is InChI=1S/C21H29NO2.ClH/c1-18-10-4-6-12-20(18)23-16-8-14-22(3)15-9-17-24-21-13-7-5-11-19(21)2;/h4-7,10-13H,8-9,14-17H2,1-3H3;1H. The van der Waals surface area contributed by atoms with Crippen molar-refractivity contribution in [1.29, 1.82) is 0 Å². The van der Waals surface area contributed by atoms with E-state index in [9.17, 15) is 0 Å². The Morgan fingerprint density at radius 2 is 1.12 bits per heavy atom. The van der Waals surface area contributed by atoms with Gasteiger partial charge in [-0.25, -0.2) is 0 Å². The molecule has 2 rings (SSSR count). The largest absolute Gasteiger partial charge is 0.493 e. The van der Waals surface area contributed by atoms with Crippen molar-refractivity contribution in [3.63, 3.8) is 0 Å². The summed E-state index contributed by atoms with van der Waals surface area (Å²) >= 11 is 0. The normalized spacial score (nSPS) is 10.4. The van der Waals surface area contributed by atoms with Crippen LogP contribution in [0.3, 0.4) is 0 Å². The van der Waals surface area contributed by atoms with Crippen LogP contribution in [0.2, 0.25) is 0 Å². The molecule has 2 aromatic rings. The Bertz CT molecular complexity index is 565. The van der Waals surface area contributed by atoms with Gasteiger partial charge in [0, 0.05) is 13.1 Å². The minimum absolute atomic E-state index is 0. The molecule has 0 radical (unpaired) electrons. The highest BCUT2D eigenvalue weighted by molar-refractivity contribution is 5.85. The highest BCUT2D eigenvalue weighted by Gasteiger charge is 2.02. The molecule has 0 heterocycles. The molecule has 0 fully saturated rings. The van der Waals surface area contributed by atoms with Crippen molar-refractivity contribution in [2.24, 2.45) is 0 Å². The third kappa shape index (κ3) is 7.80. The first-order valence-electron chi connectivity index (χ1n) is 8.72. The van der Waals surface area contributed by atoms with Crippen molar-refractivity contribution >= 4 is 12.4 Å². The van der Waals surface area contributed by atoms with Gasteiger partial charge in [-0.15, -0.1) is 12.4 Å². The lowest BCUT2D eigenvalue weighted by molar-refractivity contribution is 0.239. The molecular formula is C21H30ClNO2. The maximum Gasteiger partial charge on any atom is 0.122 e. The first-order valence-corrected chi connectivity index (χ1v) is 8.72. The van der Waals surface area contributed by atoms with Gasteiger partial charge in [-0.05, 0) is 57.0 Å². The van der Waals surface area contributed by atoms with Crippen molar-refractivity contribution < 1.29 is 9.47 Å². The summed E-state index contributed by atoms with van der Waals surface area (Å²) in [7, 11) is 2.15. The third-order valence-electron chi connectivity index (χ3n) is 4.07. The number of aryl methyl sites for hydroxylation is 2. The number of hydrogen-bond acceptors (Lipinski definition) is 3. The van der Waals surface area contributed by atoms with Gasteiger partial charge in [0.1, 0.15) is 11.5 Å². The van der Waals surface area contributed by atoms with Gasteiger partial charge < -0.3 is 14.4 Å². The van der Waals surface area contributed by atoms with Gasteiger partial charge in [0.2, 0.25) is 0 Å². The molecular weight excluding hydrogens is 334 g/mol. The Morgan fingerprint density at radius 1 is 0.720 bits per heavy atom. The molecule has 0 saturated carbocycles. The maximum absolute atomic E-state index is 5.83. The zero-order valence-corrected chi connectivity index (χ0v) is 16.3. The summed E-state index contributed by atoms with van der Waals surface area (Å²) in [6.45, 7) is 7.75. The van der Waals surface area contributed by atoms with Crippen LogP contribution in [0.5, 0.6) is 11.5 Å². The fraction of sp³-hybridized carbons (Fsp3) is 0.429. The van der Waals surface area contributed by atoms with E-state index in [1.807, 2.05) is 36.4 Å². The lowest BCUT2D eigenvalue weighted by Crippen LogP contribution is -2.23. The Balaban J connectivity index is 0.00000312. The van der Waals surface area contributed by atoms with Crippen LogP contribution in [0, 0.1) is 13.8 Å². The summed E-state index contributed by atoms with van der Waals surface area (Å²) in [6, 6.07) is 16.3. The minimum atomic E-state index is 0. The summed E-state index contributed by atoms with van der Waals surface area (Å²) in [6.07, 6.45) is 2.06. The van der Waals surface area contributed by atoms with Crippen molar-refractivity contribution in [2.45, 2.75) is 26.7 Å². The number of benzene rings is 2. The Hall–Kier alpha value is -1.71. The topological polar surface area (TPSA) is 21.7 Å². The molecule has 0 aliphatic heterocycles. The number of halogens is 1. The predicted octanol–water partition coefficient (Wildman–Crippen LogP) is 4.90. The van der Waals surface area contributed by atoms with Crippen LogP contribution in [0.4, 0.5) is 0 Å². The molecule has 0 N–H and O–H groups in total. The van der Waals surface area contributed by atoms with Crippen LogP contribution < -0.4 is 9.47 Å². The van der Waals surface area contributed by atoms with Crippen LogP contribution in [-0.2, 0) is 0 Å². The Morgan fingerprint density at radius 3 is 1.52 bits per heavy atom. The second-order valence-electron chi connectivity index (χ2n) is 6.24. The van der Waals surface area contributed by atoms with E-state index >= 15 is 0 Å². The maximum atomic E-state index is 5.83. The molecule has 0 saturated heterocycles. The van der Waals surface area contributed by atoms with E-state index in [0.29, 0.717) is 0 Å². The van der Waals surface area contributed by atoms with Gasteiger partial charge in [-0.1, -0.05) is 36.4 Å². The SMILES string of the molecule is Cc1ccccc1OCCCN(C)CCCOc1ccccc1C.Cl. The average Bonchev–Trinajstić information content (AvgIpc) is 2.58. The summed E-state index contributed by atoms with van der Waals surface area (Å²) in [5, 5.41) is 0. The molecule has 0 spiro atoms. The second-order valence-corrected chi connectivity index (χ2v) is 6.24. The zero-order valence-electron chi connectivity index (χ0n) is 15.5. The Labute approximate surface area is 158 Å². The van der Waals surface area contributed by atoms with Gasteiger partial charge in [0.15, 0.2) is 0 Å². The molecule has 0 amide bonds. The van der Waals surface area contributed by atoms with Crippen LogP contribution in [-0.4, -0.2) is 38.3 Å². The molecule has 138 valence electrons. The number of para-hydroxylation sites is 2. The van der Waals surface area contributed by atoms with E-state index in [0.717, 1.165) is 50.6 Å². The lowest BCUT2D eigenvalue weighted by Gasteiger charge is -2.17. The van der Waals surface area contributed by atoms with E-state index < -0.39 is 0 Å².